The number of benzene rings is 1. The molecule has 1 aliphatic heterocycles. The van der Waals surface area contributed by atoms with Gasteiger partial charge in [-0.05, 0) is 37.3 Å². The molecule has 2 rings (SSSR count). The molecule has 1 unspecified atom stereocenters. The summed E-state index contributed by atoms with van der Waals surface area (Å²) in [6.45, 7) is 6.43. The first-order chi connectivity index (χ1) is 9.13. The van der Waals surface area contributed by atoms with Crippen molar-refractivity contribution in [3.05, 3.63) is 30.3 Å². The minimum Gasteiger partial charge on any atom is -0.390 e. The first-order valence-corrected chi connectivity index (χ1v) is 7.65. The average Bonchev–Trinajstić information content (AvgIpc) is 2.40. The number of aliphatic hydroxyl groups is 1. The maximum atomic E-state index is 10.7. The highest BCUT2D eigenvalue weighted by molar-refractivity contribution is 5.46. The molecule has 19 heavy (non-hydrogen) atoms. The van der Waals surface area contributed by atoms with Crippen molar-refractivity contribution in [3.8, 4) is 0 Å². The van der Waals surface area contributed by atoms with Crippen molar-refractivity contribution < 1.29 is 5.11 Å². The van der Waals surface area contributed by atoms with Gasteiger partial charge in [-0.15, -0.1) is 0 Å². The lowest BCUT2D eigenvalue weighted by Crippen LogP contribution is -2.45. The van der Waals surface area contributed by atoms with Crippen LogP contribution in [0.1, 0.15) is 46.0 Å². The molecule has 2 nitrogen and oxygen atoms in total. The van der Waals surface area contributed by atoms with Gasteiger partial charge in [0.15, 0.2) is 0 Å². The van der Waals surface area contributed by atoms with Gasteiger partial charge in [0.1, 0.15) is 0 Å². The molecule has 1 heterocycles. The summed E-state index contributed by atoms with van der Waals surface area (Å²) in [5.74, 6) is 0.637. The molecule has 1 saturated heterocycles. The predicted octanol–water partition coefficient (Wildman–Crippen LogP) is 3.84. The van der Waals surface area contributed by atoms with Crippen molar-refractivity contribution in [2.45, 2.75) is 51.6 Å². The summed E-state index contributed by atoms with van der Waals surface area (Å²) >= 11 is 0. The van der Waals surface area contributed by atoms with Crippen LogP contribution in [0.4, 0.5) is 5.69 Å². The van der Waals surface area contributed by atoms with Crippen LogP contribution < -0.4 is 4.90 Å². The molecule has 0 aliphatic carbocycles. The lowest BCUT2D eigenvalue weighted by molar-refractivity contribution is -0.00557. The highest BCUT2D eigenvalue weighted by Gasteiger charge is 2.33. The van der Waals surface area contributed by atoms with Gasteiger partial charge in [-0.2, -0.15) is 0 Å². The Bertz CT molecular complexity index is 368. The van der Waals surface area contributed by atoms with Gasteiger partial charge < -0.3 is 10.0 Å². The second-order valence-corrected chi connectivity index (χ2v) is 6.14. The molecular formula is C17H27NO. The summed E-state index contributed by atoms with van der Waals surface area (Å²) in [5.41, 5.74) is 0.853. The van der Waals surface area contributed by atoms with Crippen molar-refractivity contribution in [3.63, 3.8) is 0 Å². The quantitative estimate of drug-likeness (QED) is 0.870. The Morgan fingerprint density at radius 2 is 1.84 bits per heavy atom. The van der Waals surface area contributed by atoms with E-state index in [4.69, 9.17) is 0 Å². The Hall–Kier alpha value is -1.02. The van der Waals surface area contributed by atoms with E-state index in [-0.39, 0.29) is 0 Å². The highest BCUT2D eigenvalue weighted by atomic mass is 16.3. The molecule has 0 aromatic heterocycles. The number of anilines is 1. The highest BCUT2D eigenvalue weighted by Crippen LogP contribution is 2.32. The van der Waals surface area contributed by atoms with Crippen molar-refractivity contribution in [2.75, 3.05) is 18.0 Å². The lowest BCUT2D eigenvalue weighted by Gasteiger charge is -2.40. The molecule has 0 amide bonds. The van der Waals surface area contributed by atoms with Gasteiger partial charge in [0.2, 0.25) is 0 Å². The fourth-order valence-corrected chi connectivity index (χ4v) is 3.27. The van der Waals surface area contributed by atoms with E-state index in [2.05, 4.69) is 49.1 Å². The largest absolute Gasteiger partial charge is 0.390 e. The van der Waals surface area contributed by atoms with Crippen LogP contribution in [0.15, 0.2) is 30.3 Å². The van der Waals surface area contributed by atoms with E-state index >= 15 is 0 Å². The lowest BCUT2D eigenvalue weighted by atomic mass is 9.82. The Morgan fingerprint density at radius 3 is 2.42 bits per heavy atom. The maximum Gasteiger partial charge on any atom is 0.0684 e. The van der Waals surface area contributed by atoms with Crippen molar-refractivity contribution in [2.24, 2.45) is 5.92 Å². The molecular weight excluding hydrogens is 234 g/mol. The zero-order valence-corrected chi connectivity index (χ0v) is 12.3. The molecule has 1 aromatic carbocycles. The minimum absolute atomic E-state index is 0.431. The second-order valence-electron chi connectivity index (χ2n) is 6.14. The molecule has 1 aromatic rings. The van der Waals surface area contributed by atoms with Gasteiger partial charge in [0.25, 0.3) is 0 Å². The van der Waals surface area contributed by atoms with Crippen LogP contribution in [0.5, 0.6) is 0 Å². The minimum atomic E-state index is -0.431. The third-order valence-electron chi connectivity index (χ3n) is 4.33. The zero-order valence-electron chi connectivity index (χ0n) is 12.3. The van der Waals surface area contributed by atoms with Crippen molar-refractivity contribution in [1.29, 1.82) is 0 Å². The van der Waals surface area contributed by atoms with E-state index in [0.717, 1.165) is 32.4 Å². The molecule has 1 aliphatic rings. The molecule has 106 valence electrons. The predicted molar refractivity (Wildman–Crippen MR) is 81.5 cm³/mol. The third-order valence-corrected chi connectivity index (χ3v) is 4.33. The van der Waals surface area contributed by atoms with Crippen LogP contribution in [0, 0.1) is 5.92 Å². The summed E-state index contributed by atoms with van der Waals surface area (Å²) in [4.78, 5) is 2.39. The van der Waals surface area contributed by atoms with E-state index in [1.165, 1.54) is 18.5 Å². The van der Waals surface area contributed by atoms with E-state index in [1.54, 1.807) is 0 Å². The molecule has 2 heteroatoms. The van der Waals surface area contributed by atoms with Gasteiger partial charge in [0.05, 0.1) is 5.60 Å². The fourth-order valence-electron chi connectivity index (χ4n) is 3.27. The van der Waals surface area contributed by atoms with Crippen LogP contribution in [-0.2, 0) is 0 Å². The summed E-state index contributed by atoms with van der Waals surface area (Å²) in [6, 6.07) is 10.5. The first kappa shape index (κ1) is 14.4. The maximum absolute atomic E-state index is 10.7. The number of para-hydroxylation sites is 1. The Labute approximate surface area is 117 Å². The van der Waals surface area contributed by atoms with E-state index in [0.29, 0.717) is 5.92 Å². The molecule has 0 saturated carbocycles. The van der Waals surface area contributed by atoms with Crippen molar-refractivity contribution in [1.82, 2.24) is 0 Å². The zero-order chi connectivity index (χ0) is 13.7. The molecule has 1 N–H and O–H groups in total. The SMILES string of the molecule is CCCC(C)CC1(O)CCN(c2ccccc2)CC1. The number of hydrogen-bond donors (Lipinski definition) is 1. The van der Waals surface area contributed by atoms with E-state index < -0.39 is 5.60 Å². The monoisotopic (exact) mass is 261 g/mol. The number of rotatable bonds is 5. The molecule has 0 spiro atoms. The normalized spacial score (nSPS) is 20.3. The van der Waals surface area contributed by atoms with Crippen LogP contribution in [0.25, 0.3) is 0 Å². The fraction of sp³-hybridized carbons (Fsp3) is 0.647. The standard InChI is InChI=1S/C17H27NO/c1-3-7-15(2)14-17(19)10-12-18(13-11-17)16-8-5-4-6-9-16/h4-6,8-9,15,19H,3,7,10-14H2,1-2H3. The molecule has 1 fully saturated rings. The summed E-state index contributed by atoms with van der Waals surface area (Å²) in [5, 5.41) is 10.7. The van der Waals surface area contributed by atoms with Crippen LogP contribution in [0.3, 0.4) is 0 Å². The van der Waals surface area contributed by atoms with Gasteiger partial charge in [-0.25, -0.2) is 0 Å². The second kappa shape index (κ2) is 6.42. The third kappa shape index (κ3) is 3.97. The topological polar surface area (TPSA) is 23.5 Å². The van der Waals surface area contributed by atoms with Crippen LogP contribution >= 0.6 is 0 Å². The molecule has 0 radical (unpaired) electrons. The van der Waals surface area contributed by atoms with Gasteiger partial charge in [-0.1, -0.05) is 44.9 Å². The van der Waals surface area contributed by atoms with E-state index in [1.807, 2.05) is 0 Å². The average molecular weight is 261 g/mol. The van der Waals surface area contributed by atoms with Crippen LogP contribution in [0.2, 0.25) is 0 Å². The Kier molecular flexibility index (Phi) is 4.87. The van der Waals surface area contributed by atoms with Gasteiger partial charge in [0, 0.05) is 18.8 Å². The molecule has 1 atom stereocenters. The Morgan fingerprint density at radius 1 is 1.21 bits per heavy atom. The number of nitrogens with zero attached hydrogens (tertiary/aromatic N) is 1. The molecule has 0 bridgehead atoms. The van der Waals surface area contributed by atoms with Crippen molar-refractivity contribution >= 4 is 5.69 Å². The van der Waals surface area contributed by atoms with E-state index in [9.17, 15) is 5.11 Å². The first-order valence-electron chi connectivity index (χ1n) is 7.65. The summed E-state index contributed by atoms with van der Waals surface area (Å²) in [6.07, 6.45) is 5.20. The smallest absolute Gasteiger partial charge is 0.0684 e. The summed E-state index contributed by atoms with van der Waals surface area (Å²) < 4.78 is 0. The van der Waals surface area contributed by atoms with Crippen LogP contribution in [-0.4, -0.2) is 23.8 Å². The Balaban J connectivity index is 1.88. The van der Waals surface area contributed by atoms with Gasteiger partial charge >= 0.3 is 0 Å². The number of hydrogen-bond acceptors (Lipinski definition) is 2. The van der Waals surface area contributed by atoms with Gasteiger partial charge in [-0.3, -0.25) is 0 Å². The number of piperidine rings is 1. The summed E-state index contributed by atoms with van der Waals surface area (Å²) in [7, 11) is 0.